The minimum Gasteiger partial charge on any atom is -0.290 e. The van der Waals surface area contributed by atoms with Crippen molar-refractivity contribution < 1.29 is 0 Å². The van der Waals surface area contributed by atoms with E-state index in [0.717, 1.165) is 22.2 Å². The van der Waals surface area contributed by atoms with Crippen LogP contribution in [0.25, 0.3) is 22.0 Å². The Morgan fingerprint density at radius 3 is 2.45 bits per heavy atom. The van der Waals surface area contributed by atoms with Gasteiger partial charge in [0.15, 0.2) is 0 Å². The van der Waals surface area contributed by atoms with Gasteiger partial charge in [-0.3, -0.25) is 10.1 Å². The lowest BCUT2D eigenvalue weighted by Gasteiger charge is -2.31. The molecule has 160 valence electrons. The zero-order valence-electron chi connectivity index (χ0n) is 18.8. The fourth-order valence-electron chi connectivity index (χ4n) is 4.00. The van der Waals surface area contributed by atoms with E-state index in [0.29, 0.717) is 12.1 Å². The highest BCUT2D eigenvalue weighted by Gasteiger charge is 2.27. The summed E-state index contributed by atoms with van der Waals surface area (Å²) in [6, 6.07) is 18.5. The van der Waals surface area contributed by atoms with E-state index in [-0.39, 0.29) is 17.0 Å². The van der Waals surface area contributed by atoms with Gasteiger partial charge in [0.2, 0.25) is 0 Å². The van der Waals surface area contributed by atoms with Crippen LogP contribution in [0.5, 0.6) is 0 Å². The molecule has 2 aromatic heterocycles. The fraction of sp³-hybridized carbons (Fsp3) is 0.308. The Hall–Kier alpha value is -2.76. The lowest BCUT2D eigenvalue weighted by molar-refractivity contribution is 0.254. The lowest BCUT2D eigenvalue weighted by Crippen LogP contribution is -2.37. The molecule has 1 N–H and O–H groups in total. The largest absolute Gasteiger partial charge is 0.290 e. The van der Waals surface area contributed by atoms with Crippen LogP contribution < -0.4 is 10.9 Å². The molecule has 0 amide bonds. The molecule has 31 heavy (non-hydrogen) atoms. The Morgan fingerprint density at radius 2 is 1.77 bits per heavy atom. The Labute approximate surface area is 187 Å². The third-order valence-corrected chi connectivity index (χ3v) is 6.59. The summed E-state index contributed by atoms with van der Waals surface area (Å²) in [6.45, 7) is 11.2. The highest BCUT2D eigenvalue weighted by Crippen LogP contribution is 2.35. The first kappa shape index (κ1) is 21.5. The molecule has 0 aliphatic rings. The van der Waals surface area contributed by atoms with Crippen molar-refractivity contribution in [3.8, 4) is 11.3 Å². The van der Waals surface area contributed by atoms with Gasteiger partial charge in [0, 0.05) is 21.9 Å². The Bertz CT molecular complexity index is 1270. The number of rotatable bonds is 5. The van der Waals surface area contributed by atoms with E-state index in [1.165, 1.54) is 10.4 Å². The Morgan fingerprint density at radius 1 is 1.03 bits per heavy atom. The normalized spacial score (nSPS) is 12.9. The molecule has 0 bridgehead atoms. The molecule has 0 spiro atoms. The van der Waals surface area contributed by atoms with E-state index in [2.05, 4.69) is 75.6 Å². The van der Waals surface area contributed by atoms with Gasteiger partial charge >= 0.3 is 0 Å². The summed E-state index contributed by atoms with van der Waals surface area (Å²) < 4.78 is 1.58. The standard InChI is InChI=1S/C26H29N3OS/c1-17-12-13-18(2)21(15-17)23-19-9-6-7-10-20(19)25(30)29(28-23)16-27-24(26(3,4)5)22-11-8-14-31-22/h6-15,24,27H,16H2,1-5H3. The average molecular weight is 432 g/mol. The van der Waals surface area contributed by atoms with Gasteiger partial charge < -0.3 is 0 Å². The van der Waals surface area contributed by atoms with E-state index in [4.69, 9.17) is 5.10 Å². The molecule has 4 rings (SSSR count). The molecule has 0 radical (unpaired) electrons. The lowest BCUT2D eigenvalue weighted by atomic mass is 9.86. The van der Waals surface area contributed by atoms with Crippen LogP contribution in [0, 0.1) is 19.3 Å². The van der Waals surface area contributed by atoms with Crippen molar-refractivity contribution in [2.75, 3.05) is 0 Å². The molecule has 0 saturated carbocycles. The maximum atomic E-state index is 13.3. The van der Waals surface area contributed by atoms with E-state index < -0.39 is 0 Å². The maximum Gasteiger partial charge on any atom is 0.275 e. The number of hydrogen-bond donors (Lipinski definition) is 1. The first-order valence-corrected chi connectivity index (χ1v) is 11.5. The summed E-state index contributed by atoms with van der Waals surface area (Å²) in [6.07, 6.45) is 0. The third kappa shape index (κ3) is 4.34. The summed E-state index contributed by atoms with van der Waals surface area (Å²) in [5.74, 6) is 0. The van der Waals surface area contributed by atoms with Crippen LogP contribution in [-0.4, -0.2) is 9.78 Å². The van der Waals surface area contributed by atoms with Crippen molar-refractivity contribution in [3.05, 3.63) is 86.3 Å². The van der Waals surface area contributed by atoms with Crippen LogP contribution in [0.3, 0.4) is 0 Å². The van der Waals surface area contributed by atoms with Crippen molar-refractivity contribution in [1.29, 1.82) is 0 Å². The van der Waals surface area contributed by atoms with Gasteiger partial charge in [-0.1, -0.05) is 62.7 Å². The van der Waals surface area contributed by atoms with Crippen LogP contribution in [0.4, 0.5) is 0 Å². The van der Waals surface area contributed by atoms with Gasteiger partial charge in [-0.05, 0) is 48.4 Å². The average Bonchev–Trinajstić information content (AvgIpc) is 3.25. The first-order valence-electron chi connectivity index (χ1n) is 10.6. The molecule has 2 aromatic carbocycles. The second-order valence-electron chi connectivity index (χ2n) is 9.19. The monoisotopic (exact) mass is 431 g/mol. The molecule has 1 atom stereocenters. The van der Waals surface area contributed by atoms with Gasteiger partial charge in [0.25, 0.3) is 5.56 Å². The quantitative estimate of drug-likeness (QED) is 0.417. The topological polar surface area (TPSA) is 46.9 Å². The van der Waals surface area contributed by atoms with Crippen molar-refractivity contribution in [2.45, 2.75) is 47.3 Å². The van der Waals surface area contributed by atoms with Crippen LogP contribution in [0.1, 0.15) is 42.8 Å². The van der Waals surface area contributed by atoms with Crippen LogP contribution in [0.2, 0.25) is 0 Å². The minimum absolute atomic E-state index is 0.00126. The number of fused-ring (bicyclic) bond motifs is 1. The van der Waals surface area contributed by atoms with Crippen molar-refractivity contribution in [3.63, 3.8) is 0 Å². The zero-order valence-corrected chi connectivity index (χ0v) is 19.6. The number of nitrogens with zero attached hydrogens (tertiary/aromatic N) is 2. The number of nitrogens with one attached hydrogen (secondary N) is 1. The molecule has 0 saturated heterocycles. The molecule has 0 aliphatic carbocycles. The molecule has 0 fully saturated rings. The molecular weight excluding hydrogens is 402 g/mol. The maximum absolute atomic E-state index is 13.3. The Balaban J connectivity index is 1.81. The molecule has 4 aromatic rings. The molecular formula is C26H29N3OS. The third-order valence-electron chi connectivity index (χ3n) is 5.65. The summed E-state index contributed by atoms with van der Waals surface area (Å²) >= 11 is 1.73. The van der Waals surface area contributed by atoms with E-state index >= 15 is 0 Å². The van der Waals surface area contributed by atoms with Crippen molar-refractivity contribution in [1.82, 2.24) is 15.1 Å². The number of thiophene rings is 1. The fourth-order valence-corrected chi connectivity index (χ4v) is 5.04. The van der Waals surface area contributed by atoms with Gasteiger partial charge in [0.05, 0.1) is 17.7 Å². The predicted octanol–water partition coefficient (Wildman–Crippen LogP) is 6.08. The van der Waals surface area contributed by atoms with Gasteiger partial charge in [-0.25, -0.2) is 4.68 Å². The zero-order chi connectivity index (χ0) is 22.2. The smallest absolute Gasteiger partial charge is 0.275 e. The summed E-state index contributed by atoms with van der Waals surface area (Å²) in [5, 5.41) is 12.1. The molecule has 5 heteroatoms. The second-order valence-corrected chi connectivity index (χ2v) is 10.2. The van der Waals surface area contributed by atoms with E-state index in [9.17, 15) is 4.79 Å². The highest BCUT2D eigenvalue weighted by atomic mass is 32.1. The van der Waals surface area contributed by atoms with Gasteiger partial charge in [-0.15, -0.1) is 11.3 Å². The van der Waals surface area contributed by atoms with E-state index in [1.54, 1.807) is 16.0 Å². The second kappa shape index (κ2) is 8.40. The summed E-state index contributed by atoms with van der Waals surface area (Å²) in [7, 11) is 0. The van der Waals surface area contributed by atoms with Crippen molar-refractivity contribution >= 4 is 22.1 Å². The van der Waals surface area contributed by atoms with Crippen LogP contribution in [0.15, 0.2) is 64.8 Å². The summed E-state index contributed by atoms with van der Waals surface area (Å²) in [4.78, 5) is 14.5. The van der Waals surface area contributed by atoms with Gasteiger partial charge in [0.1, 0.15) is 0 Å². The number of aromatic nitrogens is 2. The molecule has 4 nitrogen and oxygen atoms in total. The summed E-state index contributed by atoms with van der Waals surface area (Å²) in [5.41, 5.74) is 4.16. The van der Waals surface area contributed by atoms with Crippen LogP contribution >= 0.6 is 11.3 Å². The predicted molar refractivity (Wildman–Crippen MR) is 131 cm³/mol. The Kier molecular flexibility index (Phi) is 5.82. The van der Waals surface area contributed by atoms with Crippen LogP contribution in [-0.2, 0) is 6.67 Å². The number of aryl methyl sites for hydroxylation is 2. The van der Waals surface area contributed by atoms with Gasteiger partial charge in [-0.2, -0.15) is 5.10 Å². The molecule has 0 aliphatic heterocycles. The minimum atomic E-state index is -0.0732. The molecule has 2 heterocycles. The SMILES string of the molecule is Cc1ccc(C)c(-c2nn(CNC(c3cccs3)C(C)(C)C)c(=O)c3ccccc23)c1. The first-order chi connectivity index (χ1) is 14.8. The van der Waals surface area contributed by atoms with E-state index in [1.807, 2.05) is 24.3 Å². The number of hydrogen-bond acceptors (Lipinski definition) is 4. The molecule has 1 unspecified atom stereocenters. The number of benzene rings is 2. The van der Waals surface area contributed by atoms with Crippen molar-refractivity contribution in [2.24, 2.45) is 5.41 Å². The highest BCUT2D eigenvalue weighted by molar-refractivity contribution is 7.10.